The monoisotopic (exact) mass is 218 g/mol. The van der Waals surface area contributed by atoms with Crippen LogP contribution in [-0.4, -0.2) is 31.3 Å². The minimum atomic E-state index is 0.497. The van der Waals surface area contributed by atoms with E-state index in [0.29, 0.717) is 24.5 Å². The number of para-hydroxylation sites is 1. The molecule has 1 aliphatic rings. The molecule has 0 saturated carbocycles. The molecule has 1 aromatic rings. The van der Waals surface area contributed by atoms with Crippen LogP contribution in [-0.2, 0) is 4.74 Å². The molecular weight excluding hydrogens is 204 g/mol. The molecule has 5 nitrogen and oxygen atoms in total. The fourth-order valence-corrected chi connectivity index (χ4v) is 1.61. The van der Waals surface area contributed by atoms with Crippen molar-refractivity contribution < 1.29 is 4.74 Å². The zero-order chi connectivity index (χ0) is 11.4. The van der Waals surface area contributed by atoms with Gasteiger partial charge in [0.25, 0.3) is 0 Å². The number of nitrogen functional groups attached to an aromatic ring is 1. The fraction of sp³-hybridized carbons (Fsp3) is 0.364. The first-order valence-electron chi connectivity index (χ1n) is 5.19. The SMILES string of the molecule is N#Cc1cccc(NN2CCOCC2)c1N. The van der Waals surface area contributed by atoms with Gasteiger partial charge in [0.05, 0.1) is 30.2 Å². The van der Waals surface area contributed by atoms with E-state index in [4.69, 9.17) is 15.7 Å². The summed E-state index contributed by atoms with van der Waals surface area (Å²) in [5.74, 6) is 0. The smallest absolute Gasteiger partial charge is 0.101 e. The first kappa shape index (κ1) is 10.7. The Morgan fingerprint density at radius 2 is 2.12 bits per heavy atom. The highest BCUT2D eigenvalue weighted by atomic mass is 16.5. The molecule has 5 heteroatoms. The lowest BCUT2D eigenvalue weighted by molar-refractivity contribution is 0.0497. The third-order valence-electron chi connectivity index (χ3n) is 2.52. The summed E-state index contributed by atoms with van der Waals surface area (Å²) in [5.41, 5.74) is 10.8. The number of anilines is 2. The number of nitrogens with zero attached hydrogens (tertiary/aromatic N) is 2. The van der Waals surface area contributed by atoms with E-state index in [1.165, 1.54) is 0 Å². The van der Waals surface area contributed by atoms with E-state index >= 15 is 0 Å². The fourth-order valence-electron chi connectivity index (χ4n) is 1.61. The van der Waals surface area contributed by atoms with Gasteiger partial charge in [-0.3, -0.25) is 0 Å². The lowest BCUT2D eigenvalue weighted by atomic mass is 10.2. The third-order valence-corrected chi connectivity index (χ3v) is 2.52. The van der Waals surface area contributed by atoms with E-state index in [-0.39, 0.29) is 0 Å². The van der Waals surface area contributed by atoms with Gasteiger partial charge in [0.2, 0.25) is 0 Å². The number of hydrogen-bond acceptors (Lipinski definition) is 5. The second-order valence-corrected chi connectivity index (χ2v) is 3.59. The third kappa shape index (κ3) is 2.24. The zero-order valence-electron chi connectivity index (χ0n) is 8.94. The molecule has 16 heavy (non-hydrogen) atoms. The zero-order valence-corrected chi connectivity index (χ0v) is 8.94. The average molecular weight is 218 g/mol. The van der Waals surface area contributed by atoms with E-state index in [1.807, 2.05) is 17.1 Å². The average Bonchev–Trinajstić information content (AvgIpc) is 2.33. The molecule has 0 radical (unpaired) electrons. The van der Waals surface area contributed by atoms with Gasteiger partial charge in [-0.2, -0.15) is 5.26 Å². The van der Waals surface area contributed by atoms with Gasteiger partial charge in [-0.05, 0) is 12.1 Å². The molecule has 0 aliphatic carbocycles. The molecule has 1 heterocycles. The van der Waals surface area contributed by atoms with Crippen molar-refractivity contribution in [2.75, 3.05) is 37.5 Å². The van der Waals surface area contributed by atoms with Crippen LogP contribution in [0.2, 0.25) is 0 Å². The van der Waals surface area contributed by atoms with Crippen LogP contribution < -0.4 is 11.2 Å². The molecular formula is C11H14N4O. The highest BCUT2D eigenvalue weighted by molar-refractivity contribution is 5.72. The number of nitriles is 1. The maximum absolute atomic E-state index is 8.86. The molecule has 84 valence electrons. The van der Waals surface area contributed by atoms with E-state index in [1.54, 1.807) is 6.07 Å². The first-order chi connectivity index (χ1) is 7.81. The predicted molar refractivity (Wildman–Crippen MR) is 61.6 cm³/mol. The van der Waals surface area contributed by atoms with Gasteiger partial charge in [-0.25, -0.2) is 5.01 Å². The Morgan fingerprint density at radius 3 is 2.81 bits per heavy atom. The van der Waals surface area contributed by atoms with Gasteiger partial charge >= 0.3 is 0 Å². The van der Waals surface area contributed by atoms with Gasteiger partial charge in [0.1, 0.15) is 6.07 Å². The summed E-state index contributed by atoms with van der Waals surface area (Å²) < 4.78 is 5.25. The Hall–Kier alpha value is -1.77. The normalized spacial score (nSPS) is 16.7. The van der Waals surface area contributed by atoms with Crippen LogP contribution in [0, 0.1) is 11.3 Å². The molecule has 1 fully saturated rings. The summed E-state index contributed by atoms with van der Waals surface area (Å²) >= 11 is 0. The molecule has 1 aliphatic heterocycles. The van der Waals surface area contributed by atoms with Crippen LogP contribution in [0.25, 0.3) is 0 Å². The Morgan fingerprint density at radius 1 is 1.38 bits per heavy atom. The Kier molecular flexibility index (Phi) is 3.25. The van der Waals surface area contributed by atoms with Crippen molar-refractivity contribution in [1.29, 1.82) is 5.26 Å². The summed E-state index contributed by atoms with van der Waals surface area (Å²) in [7, 11) is 0. The Balaban J connectivity index is 2.12. The van der Waals surface area contributed by atoms with E-state index in [0.717, 1.165) is 18.8 Å². The number of nitrogens with one attached hydrogen (secondary N) is 1. The minimum Gasteiger partial charge on any atom is -0.396 e. The Labute approximate surface area is 94.4 Å². The standard InChI is InChI=1S/C11H14N4O/c12-8-9-2-1-3-10(11(9)13)14-15-4-6-16-7-5-15/h1-3,14H,4-7,13H2. The summed E-state index contributed by atoms with van der Waals surface area (Å²) in [6.07, 6.45) is 0. The van der Waals surface area contributed by atoms with Crippen LogP contribution in [0.5, 0.6) is 0 Å². The number of rotatable bonds is 2. The molecule has 0 amide bonds. The van der Waals surface area contributed by atoms with Crippen molar-refractivity contribution in [2.24, 2.45) is 0 Å². The lowest BCUT2D eigenvalue weighted by Crippen LogP contribution is -2.40. The van der Waals surface area contributed by atoms with Crippen LogP contribution in [0.3, 0.4) is 0 Å². The molecule has 0 bridgehead atoms. The van der Waals surface area contributed by atoms with Crippen LogP contribution in [0.4, 0.5) is 11.4 Å². The van der Waals surface area contributed by atoms with Gasteiger partial charge in [0.15, 0.2) is 0 Å². The summed E-state index contributed by atoms with van der Waals surface area (Å²) in [6, 6.07) is 7.46. The van der Waals surface area contributed by atoms with Crippen LogP contribution in [0.15, 0.2) is 18.2 Å². The lowest BCUT2D eigenvalue weighted by Gasteiger charge is -2.28. The summed E-state index contributed by atoms with van der Waals surface area (Å²) in [4.78, 5) is 0. The second kappa shape index (κ2) is 4.84. The van der Waals surface area contributed by atoms with E-state index in [9.17, 15) is 0 Å². The molecule has 0 spiro atoms. The number of hydrogen-bond donors (Lipinski definition) is 2. The van der Waals surface area contributed by atoms with Crippen molar-refractivity contribution in [3.8, 4) is 6.07 Å². The van der Waals surface area contributed by atoms with Crippen LogP contribution >= 0.6 is 0 Å². The van der Waals surface area contributed by atoms with E-state index in [2.05, 4.69) is 11.5 Å². The second-order valence-electron chi connectivity index (χ2n) is 3.59. The summed E-state index contributed by atoms with van der Waals surface area (Å²) in [5, 5.41) is 10.9. The number of benzene rings is 1. The molecule has 0 atom stereocenters. The predicted octanol–water partition coefficient (Wildman–Crippen LogP) is 0.800. The number of morpholine rings is 1. The van der Waals surface area contributed by atoms with Gasteiger partial charge in [-0.15, -0.1) is 0 Å². The topological polar surface area (TPSA) is 74.3 Å². The number of nitrogens with two attached hydrogens (primary N) is 1. The highest BCUT2D eigenvalue weighted by Crippen LogP contribution is 2.22. The van der Waals surface area contributed by atoms with Crippen molar-refractivity contribution in [3.63, 3.8) is 0 Å². The molecule has 0 aromatic heterocycles. The van der Waals surface area contributed by atoms with Crippen molar-refractivity contribution in [3.05, 3.63) is 23.8 Å². The highest BCUT2D eigenvalue weighted by Gasteiger charge is 2.12. The molecule has 1 saturated heterocycles. The first-order valence-corrected chi connectivity index (χ1v) is 5.19. The quantitative estimate of drug-likeness (QED) is 0.718. The van der Waals surface area contributed by atoms with Crippen molar-refractivity contribution in [1.82, 2.24) is 5.01 Å². The summed E-state index contributed by atoms with van der Waals surface area (Å²) in [6.45, 7) is 3.06. The van der Waals surface area contributed by atoms with Gasteiger partial charge in [-0.1, -0.05) is 6.07 Å². The molecule has 2 rings (SSSR count). The maximum Gasteiger partial charge on any atom is 0.101 e. The molecule has 1 aromatic carbocycles. The van der Waals surface area contributed by atoms with Crippen molar-refractivity contribution >= 4 is 11.4 Å². The van der Waals surface area contributed by atoms with Crippen LogP contribution in [0.1, 0.15) is 5.56 Å². The number of ether oxygens (including phenoxy) is 1. The molecule has 3 N–H and O–H groups in total. The van der Waals surface area contributed by atoms with Gasteiger partial charge in [0, 0.05) is 13.1 Å². The molecule has 0 unspecified atom stereocenters. The minimum absolute atomic E-state index is 0.497. The van der Waals surface area contributed by atoms with E-state index < -0.39 is 0 Å². The van der Waals surface area contributed by atoms with Gasteiger partial charge < -0.3 is 15.9 Å². The number of hydrazine groups is 1. The van der Waals surface area contributed by atoms with Crippen molar-refractivity contribution in [2.45, 2.75) is 0 Å². The Bertz CT molecular complexity index is 407. The largest absolute Gasteiger partial charge is 0.396 e. The maximum atomic E-state index is 8.86.